The molecule has 6 N–H and O–H groups in total. The van der Waals surface area contributed by atoms with Gasteiger partial charge in [-0.15, -0.1) is 46.4 Å². The number of amides is 3. The molecule has 15 rings (SSSR count). The Kier molecular flexibility index (Phi) is 32.0. The number of fused-ring (bicyclic) bond motifs is 3. The molecule has 0 saturated heterocycles. The van der Waals surface area contributed by atoms with Crippen LogP contribution >= 0.6 is 46.4 Å². The molecular formula is C90H100ClF9N18O6S3. The summed E-state index contributed by atoms with van der Waals surface area (Å²) in [5, 5.41) is 22.9. The Morgan fingerprint density at radius 3 is 0.843 bits per heavy atom. The van der Waals surface area contributed by atoms with Crippen LogP contribution < -0.4 is 46.1 Å². The van der Waals surface area contributed by atoms with Crippen LogP contribution in [0.5, 0.6) is 17.2 Å². The summed E-state index contributed by atoms with van der Waals surface area (Å²) < 4.78 is 133. The number of alkyl halides is 9. The zero-order valence-corrected chi connectivity index (χ0v) is 74.5. The van der Waals surface area contributed by atoms with Gasteiger partial charge in [-0.3, -0.25) is 29.3 Å². The summed E-state index contributed by atoms with van der Waals surface area (Å²) >= 11 is 3.07. The van der Waals surface area contributed by atoms with Gasteiger partial charge in [0.1, 0.15) is 68.2 Å². The van der Waals surface area contributed by atoms with E-state index in [1.54, 1.807) is 115 Å². The molecule has 127 heavy (non-hydrogen) atoms. The minimum atomic E-state index is -4.30. The van der Waals surface area contributed by atoms with E-state index >= 15 is 0 Å². The average Bonchev–Trinajstić information content (AvgIpc) is 1.59. The Morgan fingerprint density at radius 2 is 0.606 bits per heavy atom. The first-order chi connectivity index (χ1) is 60.2. The van der Waals surface area contributed by atoms with Crippen LogP contribution in [-0.4, -0.2) is 196 Å². The van der Waals surface area contributed by atoms with E-state index in [1.165, 1.54) is 37.2 Å². The molecule has 3 fully saturated rings. The van der Waals surface area contributed by atoms with Gasteiger partial charge in [-0.2, -0.15) is 39.5 Å². The zero-order valence-electron chi connectivity index (χ0n) is 71.2. The van der Waals surface area contributed by atoms with Crippen LogP contribution in [0.2, 0.25) is 0 Å². The van der Waals surface area contributed by atoms with Crippen LogP contribution in [0.1, 0.15) is 89.1 Å². The number of carbonyl (C=O) groups is 3. The van der Waals surface area contributed by atoms with Gasteiger partial charge in [-0.1, -0.05) is 72.8 Å². The molecule has 3 saturated carbocycles. The molecule has 24 nitrogen and oxygen atoms in total. The molecule has 674 valence electrons. The van der Waals surface area contributed by atoms with Crippen LogP contribution in [-0.2, 0) is 53.3 Å². The molecule has 3 aromatic carbocycles. The van der Waals surface area contributed by atoms with E-state index < -0.39 is 37.8 Å². The van der Waals surface area contributed by atoms with Crippen molar-refractivity contribution in [3.05, 3.63) is 197 Å². The highest BCUT2D eigenvalue weighted by molar-refractivity contribution is 7.19. The van der Waals surface area contributed by atoms with Gasteiger partial charge in [0, 0.05) is 166 Å². The number of ether oxygens (including phenoxy) is 3. The first-order valence-electron chi connectivity index (χ1n) is 41.0. The van der Waals surface area contributed by atoms with Gasteiger partial charge in [-0.05, 0) is 128 Å². The number of carbonyl (C=O) groups excluding carboxylic acids is 3. The lowest BCUT2D eigenvalue weighted by Crippen LogP contribution is -2.46. The summed E-state index contributed by atoms with van der Waals surface area (Å²) in [6.07, 6.45) is 4.68. The van der Waals surface area contributed by atoms with Crippen molar-refractivity contribution in [3.63, 3.8) is 0 Å². The predicted molar refractivity (Wildman–Crippen MR) is 480 cm³/mol. The number of thiophene rings is 3. The minimum absolute atomic E-state index is 0. The molecule has 0 bridgehead atoms. The number of hydrogen-bond acceptors (Lipinski definition) is 24. The fourth-order valence-corrected chi connectivity index (χ4v) is 19.4. The van der Waals surface area contributed by atoms with Crippen molar-refractivity contribution in [2.24, 2.45) is 17.8 Å². The largest absolute Gasteiger partial charge is 0.495 e. The number of hydrogen-bond donors (Lipinski definition) is 6. The van der Waals surface area contributed by atoms with Crippen molar-refractivity contribution in [3.8, 4) is 50.6 Å². The highest BCUT2D eigenvalue weighted by Gasteiger charge is 2.39. The maximum Gasteiger partial charge on any atom is 0.393 e. The van der Waals surface area contributed by atoms with Crippen molar-refractivity contribution in [1.29, 1.82) is 0 Å². The number of nitrogens with zero attached hydrogens (tertiary/aromatic N) is 12. The molecule has 9 atom stereocenters. The van der Waals surface area contributed by atoms with Crippen LogP contribution in [0.3, 0.4) is 0 Å². The third-order valence-corrected chi connectivity index (χ3v) is 25.4. The van der Waals surface area contributed by atoms with Crippen LogP contribution in [0.25, 0.3) is 64.0 Å². The average molecular weight is 1830 g/mol. The van der Waals surface area contributed by atoms with Gasteiger partial charge in [0.25, 0.3) is 0 Å². The standard InChI is InChI=1S/3C30H33F3N6O2S.ClH/c3*1-39(2)29(40)20-8-22(35-14-18-4-6-19(7-5-18)21-10-24(41-3)16-34-15-21)11-23(9-20)38-27-26-12-25(13-30(31,32)33)42-28(26)37-17-36-27;/h3*4-7,10,12,15-17,20,22-23,35H,8-9,11,13-14H2,1-3H3,(H,36,37,38);1H/t3*20-,22+,23-;/m110./s1. The lowest BCUT2D eigenvalue weighted by atomic mass is 9.81. The molecule has 3 aliphatic carbocycles. The molecule has 0 unspecified atom stereocenters. The van der Waals surface area contributed by atoms with Crippen LogP contribution in [0, 0.1) is 17.8 Å². The van der Waals surface area contributed by atoms with E-state index in [2.05, 4.69) is 113 Å². The third-order valence-electron chi connectivity index (χ3n) is 22.3. The Balaban J connectivity index is 0.000000172. The summed E-state index contributed by atoms with van der Waals surface area (Å²) in [6.45, 7) is 1.87. The van der Waals surface area contributed by atoms with Gasteiger partial charge in [0.05, 0.1) is 75.3 Å². The van der Waals surface area contributed by atoms with E-state index in [4.69, 9.17) is 14.2 Å². The molecule has 3 aliphatic rings. The second-order valence-electron chi connectivity index (χ2n) is 32.4. The Hall–Kier alpha value is -11.0. The summed E-state index contributed by atoms with van der Waals surface area (Å²) in [5.41, 5.74) is 9.32. The van der Waals surface area contributed by atoms with Crippen molar-refractivity contribution in [2.75, 3.05) is 79.6 Å². The number of methoxy groups -OCH3 is 3. The molecule has 0 spiro atoms. The van der Waals surface area contributed by atoms with E-state index in [0.717, 1.165) is 103 Å². The van der Waals surface area contributed by atoms with Crippen molar-refractivity contribution >= 4 is 112 Å². The quantitative estimate of drug-likeness (QED) is 0.0261. The van der Waals surface area contributed by atoms with Crippen LogP contribution in [0.4, 0.5) is 57.0 Å². The van der Waals surface area contributed by atoms with Gasteiger partial charge >= 0.3 is 18.5 Å². The predicted octanol–water partition coefficient (Wildman–Crippen LogP) is 17.5. The number of rotatable bonds is 27. The third kappa shape index (κ3) is 26.6. The van der Waals surface area contributed by atoms with E-state index in [9.17, 15) is 53.9 Å². The van der Waals surface area contributed by atoms with Gasteiger partial charge in [-0.25, -0.2) is 29.9 Å². The van der Waals surface area contributed by atoms with Gasteiger partial charge in [0.2, 0.25) is 17.7 Å². The molecular weight excluding hydrogens is 1730 g/mol. The lowest BCUT2D eigenvalue weighted by Gasteiger charge is -2.36. The van der Waals surface area contributed by atoms with Gasteiger partial charge in [0.15, 0.2) is 0 Å². The summed E-state index contributed by atoms with van der Waals surface area (Å²) in [7, 11) is 15.4. The second-order valence-corrected chi connectivity index (χ2v) is 35.8. The fraction of sp³-hybridized carbons (Fsp3) is 0.400. The Labute approximate surface area is 747 Å². The fourth-order valence-electron chi connectivity index (χ4n) is 16.3. The maximum absolute atomic E-state index is 13.0. The minimum Gasteiger partial charge on any atom is -0.495 e. The smallest absolute Gasteiger partial charge is 0.393 e. The normalized spacial score (nSPS) is 18.9. The summed E-state index contributed by atoms with van der Waals surface area (Å²) in [6, 6.07) is 34.9. The van der Waals surface area contributed by atoms with Crippen molar-refractivity contribution < 1.29 is 68.1 Å². The van der Waals surface area contributed by atoms with Crippen LogP contribution in [0.15, 0.2) is 165 Å². The number of nitrogens with one attached hydrogen (secondary N) is 6. The number of aromatic nitrogens is 9. The highest BCUT2D eigenvalue weighted by Crippen LogP contribution is 2.41. The summed E-state index contributed by atoms with van der Waals surface area (Å²) in [5.74, 6) is 3.14. The Bertz CT molecular complexity index is 5130. The highest BCUT2D eigenvalue weighted by atomic mass is 35.5. The zero-order chi connectivity index (χ0) is 89.6. The number of pyridine rings is 3. The molecule has 3 amide bonds. The molecule has 0 aliphatic heterocycles. The molecule has 0 radical (unpaired) electrons. The molecule has 9 heterocycles. The van der Waals surface area contributed by atoms with E-state index in [-0.39, 0.29) is 98.8 Å². The summed E-state index contributed by atoms with van der Waals surface area (Å²) in [4.78, 5) is 84.2. The number of benzene rings is 3. The molecule has 37 heteroatoms. The van der Waals surface area contributed by atoms with Gasteiger partial charge < -0.3 is 60.8 Å². The molecule has 12 aromatic rings. The lowest BCUT2D eigenvalue weighted by molar-refractivity contribution is -0.135. The number of halogens is 10. The number of anilines is 3. The second kappa shape index (κ2) is 42.7. The molecule has 9 aromatic heterocycles. The van der Waals surface area contributed by atoms with Crippen molar-refractivity contribution in [2.45, 2.75) is 151 Å². The maximum atomic E-state index is 13.0. The first-order valence-corrected chi connectivity index (χ1v) is 43.5. The first kappa shape index (κ1) is 95.1. The van der Waals surface area contributed by atoms with E-state index in [1.807, 2.05) is 54.6 Å². The SMILES string of the molecule is COc1cncc(-c2ccc(CN[C@@H]3C[C@H](Nc4ncnc5sc(CC(F)(F)F)cc45)C[C@H](C(=O)N(C)C)C3)cc2)c1.COc1cncc(-c2ccc(CN[C@@H]3C[C@H](Nc4ncnc5sc(CC(F)(F)F)cc45)C[C@H](C(=O)N(C)C)C3)cc2)c1.COc1cncc(-c2ccc(CN[C@H]3C[C@@H](Nc4ncnc5sc(CC(F)(F)F)cc45)C[C@@H](C(=O)N(C)C)C3)cc2)c1.Cl. The monoisotopic (exact) mass is 1830 g/mol. The Morgan fingerprint density at radius 1 is 0.354 bits per heavy atom. The van der Waals surface area contributed by atoms with Crippen molar-refractivity contribution in [1.82, 2.24) is 75.5 Å². The van der Waals surface area contributed by atoms with E-state index in [0.29, 0.717) is 124 Å². The topological polar surface area (TPSA) is 277 Å².